The van der Waals surface area contributed by atoms with Crippen molar-refractivity contribution in [2.24, 2.45) is 5.92 Å². The first-order chi connectivity index (χ1) is 15.8. The summed E-state index contributed by atoms with van der Waals surface area (Å²) in [4.78, 5) is 15.0. The molecule has 0 unspecified atom stereocenters. The minimum atomic E-state index is -3.83. The van der Waals surface area contributed by atoms with Gasteiger partial charge in [0.15, 0.2) is 0 Å². The summed E-state index contributed by atoms with van der Waals surface area (Å²) < 4.78 is 41.5. The molecular weight excluding hydrogens is 466 g/mol. The van der Waals surface area contributed by atoms with Gasteiger partial charge in [-0.2, -0.15) is 4.31 Å². The molecule has 1 amide bonds. The lowest BCUT2D eigenvalue weighted by Crippen LogP contribution is -2.61. The molecule has 2 aliphatic heterocycles. The van der Waals surface area contributed by atoms with Gasteiger partial charge < -0.3 is 19.7 Å². The van der Waals surface area contributed by atoms with Crippen LogP contribution < -0.4 is 5.32 Å². The van der Waals surface area contributed by atoms with E-state index in [1.54, 1.807) is 33.5 Å². The van der Waals surface area contributed by atoms with Gasteiger partial charge in [0.05, 0.1) is 24.2 Å². The molecule has 182 valence electrons. The monoisotopic (exact) mass is 497 g/mol. The van der Waals surface area contributed by atoms with E-state index in [2.05, 4.69) is 5.32 Å². The fraction of sp³-hybridized carbons (Fsp3) is 0.696. The first-order valence-corrected chi connectivity index (χ1v) is 13.7. The smallest absolute Gasteiger partial charge is 0.410 e. The lowest BCUT2D eigenvalue weighted by Gasteiger charge is -2.44. The van der Waals surface area contributed by atoms with Crippen molar-refractivity contribution >= 4 is 27.7 Å². The number of rotatable bonds is 6. The fourth-order valence-electron chi connectivity index (χ4n) is 5.07. The summed E-state index contributed by atoms with van der Waals surface area (Å²) in [6, 6.07) is 5.50. The predicted molar refractivity (Wildman–Crippen MR) is 124 cm³/mol. The van der Waals surface area contributed by atoms with E-state index in [0.717, 1.165) is 32.4 Å². The molecule has 5 rings (SSSR count). The third-order valence-electron chi connectivity index (χ3n) is 7.32. The average molecular weight is 498 g/mol. The van der Waals surface area contributed by atoms with E-state index in [1.165, 1.54) is 0 Å². The van der Waals surface area contributed by atoms with Crippen LogP contribution in [0, 0.1) is 5.92 Å². The molecule has 0 spiro atoms. The number of sulfonamides is 1. The number of hydrogen-bond donors (Lipinski definition) is 1. The molecule has 4 fully saturated rings. The van der Waals surface area contributed by atoms with Gasteiger partial charge >= 0.3 is 6.09 Å². The van der Waals surface area contributed by atoms with Crippen LogP contribution in [0.5, 0.6) is 0 Å². The summed E-state index contributed by atoms with van der Waals surface area (Å²) in [5, 5.41) is 3.76. The summed E-state index contributed by atoms with van der Waals surface area (Å²) in [5.74, 6) is 0.527. The number of nitrogens with zero attached hydrogens (tertiary/aromatic N) is 2. The Hall–Kier alpha value is -1.39. The Morgan fingerprint density at radius 2 is 1.97 bits per heavy atom. The van der Waals surface area contributed by atoms with Crippen LogP contribution in [-0.4, -0.2) is 80.3 Å². The molecule has 0 aromatic heterocycles. The first-order valence-electron chi connectivity index (χ1n) is 11.9. The second kappa shape index (κ2) is 9.00. The minimum absolute atomic E-state index is 0.0289. The van der Waals surface area contributed by atoms with Crippen LogP contribution in [0.3, 0.4) is 0 Å². The molecule has 10 heteroatoms. The molecule has 1 N–H and O–H groups in total. The first kappa shape index (κ1) is 23.4. The third-order valence-corrected chi connectivity index (χ3v) is 9.55. The van der Waals surface area contributed by atoms with Gasteiger partial charge in [-0.05, 0) is 56.4 Å². The molecule has 0 radical (unpaired) electrons. The Morgan fingerprint density at radius 1 is 1.24 bits per heavy atom. The number of halogens is 1. The summed E-state index contributed by atoms with van der Waals surface area (Å²) in [6.07, 6.45) is 3.91. The maximum absolute atomic E-state index is 13.9. The van der Waals surface area contributed by atoms with E-state index in [0.29, 0.717) is 36.9 Å². The fourth-order valence-corrected chi connectivity index (χ4v) is 7.05. The quantitative estimate of drug-likeness (QED) is 0.650. The molecule has 0 bridgehead atoms. The maximum atomic E-state index is 13.9. The molecule has 2 heterocycles. The number of ether oxygens (including phenoxy) is 2. The maximum Gasteiger partial charge on any atom is 0.410 e. The predicted octanol–water partition coefficient (Wildman–Crippen LogP) is 2.86. The lowest BCUT2D eigenvalue weighted by atomic mass is 10.0. The van der Waals surface area contributed by atoms with Crippen LogP contribution in [0.15, 0.2) is 29.2 Å². The standard InChI is InChI=1S/C23H32ClN3O5S/c1-16-13-25-10-11-26(16)22(28)32-23(8-9-23)21-15-31-14-19(12-17-2-3-17)27(21)33(29,30)20-6-4-18(24)5-7-20/h4-7,16-17,19,21,25H,2-3,8-15H2,1H3/t16-,19+,21+/m0/s1. The van der Waals surface area contributed by atoms with E-state index < -0.39 is 21.7 Å². The van der Waals surface area contributed by atoms with Crippen molar-refractivity contribution < 1.29 is 22.7 Å². The summed E-state index contributed by atoms with van der Waals surface area (Å²) in [6.45, 7) is 4.58. The molecular formula is C23H32ClN3O5S. The van der Waals surface area contributed by atoms with Crippen molar-refractivity contribution in [2.45, 2.75) is 67.6 Å². The Bertz CT molecular complexity index is 980. The third kappa shape index (κ3) is 4.75. The van der Waals surface area contributed by atoms with Crippen molar-refractivity contribution in [3.63, 3.8) is 0 Å². The highest BCUT2D eigenvalue weighted by Crippen LogP contribution is 2.49. The Kier molecular flexibility index (Phi) is 6.37. The largest absolute Gasteiger partial charge is 0.441 e. The second-order valence-corrected chi connectivity index (χ2v) is 12.1. The van der Waals surface area contributed by atoms with E-state index >= 15 is 0 Å². The lowest BCUT2D eigenvalue weighted by molar-refractivity contribution is -0.0753. The number of hydrogen-bond acceptors (Lipinski definition) is 6. The van der Waals surface area contributed by atoms with Crippen molar-refractivity contribution in [3.8, 4) is 0 Å². The van der Waals surface area contributed by atoms with Crippen LogP contribution in [0.4, 0.5) is 4.79 Å². The topological polar surface area (TPSA) is 88.2 Å². The molecule has 3 atom stereocenters. The minimum Gasteiger partial charge on any atom is -0.441 e. The van der Waals surface area contributed by atoms with Gasteiger partial charge in [-0.25, -0.2) is 13.2 Å². The van der Waals surface area contributed by atoms with Gasteiger partial charge in [0.2, 0.25) is 10.0 Å². The van der Waals surface area contributed by atoms with E-state index in [1.807, 2.05) is 6.92 Å². The second-order valence-electron chi connectivity index (χ2n) is 9.85. The number of amides is 1. The average Bonchev–Trinajstić information content (AvgIpc) is 3.72. The number of piperazine rings is 1. The van der Waals surface area contributed by atoms with Gasteiger partial charge in [-0.15, -0.1) is 0 Å². The van der Waals surface area contributed by atoms with Crippen LogP contribution in [0.25, 0.3) is 0 Å². The molecule has 1 aromatic carbocycles. The van der Waals surface area contributed by atoms with E-state index in [-0.39, 0.29) is 29.7 Å². The van der Waals surface area contributed by atoms with Crippen LogP contribution in [-0.2, 0) is 19.5 Å². The van der Waals surface area contributed by atoms with Gasteiger partial charge in [-0.1, -0.05) is 24.4 Å². The van der Waals surface area contributed by atoms with Gasteiger partial charge in [0.25, 0.3) is 0 Å². The molecule has 2 saturated carbocycles. The highest BCUT2D eigenvalue weighted by atomic mass is 35.5. The van der Waals surface area contributed by atoms with Crippen LogP contribution in [0.2, 0.25) is 5.02 Å². The summed E-state index contributed by atoms with van der Waals surface area (Å²) in [7, 11) is -3.83. The summed E-state index contributed by atoms with van der Waals surface area (Å²) in [5.41, 5.74) is -0.844. The number of carbonyl (C=O) groups is 1. The van der Waals surface area contributed by atoms with Crippen LogP contribution >= 0.6 is 11.6 Å². The molecule has 1 aromatic rings. The highest BCUT2D eigenvalue weighted by Gasteiger charge is 2.60. The van der Waals surface area contributed by atoms with Gasteiger partial charge in [0, 0.05) is 36.7 Å². The van der Waals surface area contributed by atoms with Crippen molar-refractivity contribution in [1.29, 1.82) is 0 Å². The van der Waals surface area contributed by atoms with Gasteiger partial charge in [-0.3, -0.25) is 0 Å². The zero-order valence-electron chi connectivity index (χ0n) is 18.9. The van der Waals surface area contributed by atoms with Crippen molar-refractivity contribution in [2.75, 3.05) is 32.8 Å². The Balaban J connectivity index is 1.44. The van der Waals surface area contributed by atoms with Gasteiger partial charge in [0.1, 0.15) is 5.60 Å². The zero-order valence-corrected chi connectivity index (χ0v) is 20.5. The number of nitrogens with one attached hydrogen (secondary N) is 1. The van der Waals surface area contributed by atoms with Crippen molar-refractivity contribution in [3.05, 3.63) is 29.3 Å². The van der Waals surface area contributed by atoms with E-state index in [9.17, 15) is 13.2 Å². The molecule has 8 nitrogen and oxygen atoms in total. The zero-order chi connectivity index (χ0) is 23.2. The number of morpholine rings is 1. The van der Waals surface area contributed by atoms with Crippen LogP contribution in [0.1, 0.15) is 39.0 Å². The Morgan fingerprint density at radius 3 is 2.61 bits per heavy atom. The summed E-state index contributed by atoms with van der Waals surface area (Å²) >= 11 is 6.01. The Labute approximate surface area is 200 Å². The SMILES string of the molecule is C[C@H]1CNCCN1C(=O)OC1([C@H]2COC[C@@H](CC3CC3)N2S(=O)(=O)c2ccc(Cl)cc2)CC1. The number of benzene rings is 1. The molecule has 33 heavy (non-hydrogen) atoms. The van der Waals surface area contributed by atoms with E-state index in [4.69, 9.17) is 21.1 Å². The van der Waals surface area contributed by atoms with Crippen molar-refractivity contribution in [1.82, 2.24) is 14.5 Å². The molecule has 2 aliphatic carbocycles. The molecule has 4 aliphatic rings. The normalized spacial score (nSPS) is 30.1. The highest BCUT2D eigenvalue weighted by molar-refractivity contribution is 7.89. The molecule has 2 saturated heterocycles. The number of carbonyl (C=O) groups excluding carboxylic acids is 1.